The van der Waals surface area contributed by atoms with Gasteiger partial charge in [-0.15, -0.1) is 0 Å². The van der Waals surface area contributed by atoms with Crippen LogP contribution in [0.2, 0.25) is 0 Å². The first-order chi connectivity index (χ1) is 7.75. The summed E-state index contributed by atoms with van der Waals surface area (Å²) < 4.78 is 18.3. The van der Waals surface area contributed by atoms with Gasteiger partial charge in [-0.25, -0.2) is 4.39 Å². The van der Waals surface area contributed by atoms with Crippen LogP contribution in [0.5, 0.6) is 0 Å². The zero-order chi connectivity index (χ0) is 11.4. The van der Waals surface area contributed by atoms with E-state index in [4.69, 9.17) is 4.74 Å². The highest BCUT2D eigenvalue weighted by atomic mass is 19.1. The summed E-state index contributed by atoms with van der Waals surface area (Å²) >= 11 is 0. The van der Waals surface area contributed by atoms with Gasteiger partial charge in [-0.1, -0.05) is 0 Å². The van der Waals surface area contributed by atoms with E-state index in [9.17, 15) is 4.39 Å². The molecule has 0 saturated carbocycles. The fourth-order valence-electron chi connectivity index (χ4n) is 2.05. The summed E-state index contributed by atoms with van der Waals surface area (Å²) in [6.07, 6.45) is 2.36. The summed E-state index contributed by atoms with van der Waals surface area (Å²) in [5, 5.41) is 3.36. The minimum atomic E-state index is -0.177. The van der Waals surface area contributed by atoms with E-state index < -0.39 is 0 Å². The molecule has 1 atom stereocenters. The summed E-state index contributed by atoms with van der Waals surface area (Å²) in [6.45, 7) is 4.56. The third-order valence-electron chi connectivity index (χ3n) is 3.02. The highest BCUT2D eigenvalue weighted by molar-refractivity contribution is 5.50. The van der Waals surface area contributed by atoms with Crippen molar-refractivity contribution in [2.45, 2.75) is 19.8 Å². The molecule has 88 valence electrons. The first-order valence-electron chi connectivity index (χ1n) is 5.83. The zero-order valence-corrected chi connectivity index (χ0v) is 9.63. The van der Waals surface area contributed by atoms with Crippen LogP contribution in [-0.2, 0) is 4.74 Å². The number of hydrogen-bond acceptors (Lipinski definition) is 2. The zero-order valence-electron chi connectivity index (χ0n) is 9.63. The van der Waals surface area contributed by atoms with Crippen LogP contribution in [0.1, 0.15) is 18.4 Å². The molecule has 1 aliphatic rings. The van der Waals surface area contributed by atoms with Crippen molar-refractivity contribution < 1.29 is 9.13 Å². The minimum absolute atomic E-state index is 0.177. The molecule has 2 nitrogen and oxygen atoms in total. The lowest BCUT2D eigenvalue weighted by Gasteiger charge is -2.23. The van der Waals surface area contributed by atoms with Crippen molar-refractivity contribution in [2.24, 2.45) is 5.92 Å². The van der Waals surface area contributed by atoms with E-state index in [-0.39, 0.29) is 5.82 Å². The van der Waals surface area contributed by atoms with Gasteiger partial charge in [-0.05, 0) is 49.4 Å². The summed E-state index contributed by atoms with van der Waals surface area (Å²) in [5.41, 5.74) is 1.98. The first kappa shape index (κ1) is 11.4. The Labute approximate surface area is 95.8 Å². The molecule has 0 bridgehead atoms. The van der Waals surface area contributed by atoms with Crippen molar-refractivity contribution in [3.05, 3.63) is 29.6 Å². The molecule has 0 amide bonds. The lowest BCUT2D eigenvalue weighted by Crippen LogP contribution is -2.24. The summed E-state index contributed by atoms with van der Waals surface area (Å²) in [5.74, 6) is 0.405. The number of aryl methyl sites for hydroxylation is 1. The maximum Gasteiger partial charge on any atom is 0.123 e. The Hall–Kier alpha value is -1.09. The lowest BCUT2D eigenvalue weighted by atomic mass is 10.0. The van der Waals surface area contributed by atoms with Crippen molar-refractivity contribution in [3.63, 3.8) is 0 Å². The minimum Gasteiger partial charge on any atom is -0.384 e. The highest BCUT2D eigenvalue weighted by Gasteiger charge is 2.13. The third-order valence-corrected chi connectivity index (χ3v) is 3.02. The Morgan fingerprint density at radius 1 is 1.50 bits per heavy atom. The van der Waals surface area contributed by atoms with Gasteiger partial charge >= 0.3 is 0 Å². The summed E-state index contributed by atoms with van der Waals surface area (Å²) in [6, 6.07) is 4.85. The molecule has 0 aliphatic carbocycles. The molecule has 0 spiro atoms. The Morgan fingerprint density at radius 2 is 2.38 bits per heavy atom. The van der Waals surface area contributed by atoms with Gasteiger partial charge < -0.3 is 10.1 Å². The molecule has 1 fully saturated rings. The number of hydrogen-bond donors (Lipinski definition) is 1. The molecular weight excluding hydrogens is 205 g/mol. The van der Waals surface area contributed by atoms with Crippen LogP contribution >= 0.6 is 0 Å². The number of nitrogens with one attached hydrogen (secondary N) is 1. The van der Waals surface area contributed by atoms with Crippen LogP contribution in [0.3, 0.4) is 0 Å². The first-order valence-corrected chi connectivity index (χ1v) is 5.83. The monoisotopic (exact) mass is 223 g/mol. The topological polar surface area (TPSA) is 21.3 Å². The van der Waals surface area contributed by atoms with Gasteiger partial charge in [0.15, 0.2) is 0 Å². The second kappa shape index (κ2) is 5.30. The highest BCUT2D eigenvalue weighted by Crippen LogP contribution is 2.18. The molecule has 1 saturated heterocycles. The fraction of sp³-hybridized carbons (Fsp3) is 0.538. The van der Waals surface area contributed by atoms with E-state index in [2.05, 4.69) is 5.32 Å². The molecule has 1 aromatic rings. The van der Waals surface area contributed by atoms with Crippen LogP contribution in [0.4, 0.5) is 10.1 Å². The van der Waals surface area contributed by atoms with E-state index in [0.717, 1.165) is 37.4 Å². The average molecular weight is 223 g/mol. The van der Waals surface area contributed by atoms with Crippen molar-refractivity contribution in [3.8, 4) is 0 Å². The summed E-state index contributed by atoms with van der Waals surface area (Å²) in [4.78, 5) is 0. The van der Waals surface area contributed by atoms with Gasteiger partial charge in [-0.3, -0.25) is 0 Å². The fourth-order valence-corrected chi connectivity index (χ4v) is 2.05. The predicted molar refractivity (Wildman–Crippen MR) is 63.2 cm³/mol. The Morgan fingerprint density at radius 3 is 3.06 bits per heavy atom. The number of anilines is 1. The average Bonchev–Trinajstić information content (AvgIpc) is 2.29. The lowest BCUT2D eigenvalue weighted by molar-refractivity contribution is 0.0595. The maximum absolute atomic E-state index is 12.9. The van der Waals surface area contributed by atoms with Crippen LogP contribution in [0.15, 0.2) is 18.2 Å². The van der Waals surface area contributed by atoms with Crippen LogP contribution < -0.4 is 5.32 Å². The van der Waals surface area contributed by atoms with E-state index in [1.165, 1.54) is 12.5 Å². The van der Waals surface area contributed by atoms with Gasteiger partial charge in [-0.2, -0.15) is 0 Å². The van der Waals surface area contributed by atoms with E-state index in [0.29, 0.717) is 5.92 Å². The number of halogens is 1. The quantitative estimate of drug-likeness (QED) is 0.850. The molecule has 16 heavy (non-hydrogen) atoms. The molecule has 2 rings (SSSR count). The van der Waals surface area contributed by atoms with Crippen LogP contribution in [0.25, 0.3) is 0 Å². The Balaban J connectivity index is 1.88. The molecular formula is C13H18FNO. The second-order valence-corrected chi connectivity index (χ2v) is 4.42. The molecule has 0 radical (unpaired) electrons. The largest absolute Gasteiger partial charge is 0.384 e. The molecule has 1 aliphatic heterocycles. The Bertz CT molecular complexity index is 348. The van der Waals surface area contributed by atoms with Crippen molar-refractivity contribution in [2.75, 3.05) is 25.1 Å². The smallest absolute Gasteiger partial charge is 0.123 e. The molecule has 1 aromatic carbocycles. The number of benzene rings is 1. The standard InChI is InChI=1S/C13H18FNO/c1-10-7-12(14)4-5-13(10)15-8-11-3-2-6-16-9-11/h4-5,7,11,15H,2-3,6,8-9H2,1H3. The molecule has 0 aromatic heterocycles. The van der Waals surface area contributed by atoms with Gasteiger partial charge in [0, 0.05) is 18.8 Å². The van der Waals surface area contributed by atoms with E-state index in [1.807, 2.05) is 6.92 Å². The third kappa shape index (κ3) is 2.95. The SMILES string of the molecule is Cc1cc(F)ccc1NCC1CCCOC1. The van der Waals surface area contributed by atoms with E-state index in [1.54, 1.807) is 12.1 Å². The number of ether oxygens (including phenoxy) is 1. The van der Waals surface area contributed by atoms with Gasteiger partial charge in [0.05, 0.1) is 6.61 Å². The van der Waals surface area contributed by atoms with Gasteiger partial charge in [0.1, 0.15) is 5.82 Å². The molecule has 1 unspecified atom stereocenters. The molecule has 1 heterocycles. The van der Waals surface area contributed by atoms with Crippen LogP contribution in [0, 0.1) is 18.7 Å². The van der Waals surface area contributed by atoms with Crippen molar-refractivity contribution in [1.29, 1.82) is 0 Å². The number of rotatable bonds is 3. The van der Waals surface area contributed by atoms with Gasteiger partial charge in [0.2, 0.25) is 0 Å². The Kier molecular flexibility index (Phi) is 3.78. The second-order valence-electron chi connectivity index (χ2n) is 4.42. The molecule has 3 heteroatoms. The van der Waals surface area contributed by atoms with Crippen LogP contribution in [-0.4, -0.2) is 19.8 Å². The van der Waals surface area contributed by atoms with E-state index >= 15 is 0 Å². The van der Waals surface area contributed by atoms with Crippen molar-refractivity contribution in [1.82, 2.24) is 0 Å². The maximum atomic E-state index is 12.9. The van der Waals surface area contributed by atoms with Gasteiger partial charge in [0.25, 0.3) is 0 Å². The summed E-state index contributed by atoms with van der Waals surface area (Å²) in [7, 11) is 0. The predicted octanol–water partition coefficient (Wildman–Crippen LogP) is 2.97. The normalized spacial score (nSPS) is 20.8. The molecule has 1 N–H and O–H groups in total. The van der Waals surface area contributed by atoms with Crippen molar-refractivity contribution >= 4 is 5.69 Å².